The first-order chi connectivity index (χ1) is 13.4. The molecular weight excluding hydrogens is 396 g/mol. The van der Waals surface area contributed by atoms with E-state index in [0.29, 0.717) is 6.61 Å². The standard InChI is InChI=1S/C20H30N2O6S/c1-20(2,3)28-19(24)22-14-16(13-17(22)18(23)21-29(4,25)26)27-12-8-11-15-9-6-5-7-10-15/h5-7,9-10,16-17H,8,11-14H2,1-4H3,(H,21,23). The van der Waals surface area contributed by atoms with Crippen LogP contribution in [0.25, 0.3) is 0 Å². The van der Waals surface area contributed by atoms with Crippen LogP contribution in [0.4, 0.5) is 4.79 Å². The molecule has 0 saturated carbocycles. The summed E-state index contributed by atoms with van der Waals surface area (Å²) in [6.07, 6.45) is 1.74. The zero-order chi connectivity index (χ0) is 21.7. The molecule has 2 unspecified atom stereocenters. The van der Waals surface area contributed by atoms with Gasteiger partial charge in [0.25, 0.3) is 5.91 Å². The highest BCUT2D eigenvalue weighted by Crippen LogP contribution is 2.24. The smallest absolute Gasteiger partial charge is 0.411 e. The van der Waals surface area contributed by atoms with Crippen LogP contribution in [0.5, 0.6) is 0 Å². The minimum atomic E-state index is -3.73. The van der Waals surface area contributed by atoms with E-state index < -0.39 is 33.7 Å². The molecule has 8 nitrogen and oxygen atoms in total. The van der Waals surface area contributed by atoms with Crippen molar-refractivity contribution >= 4 is 22.0 Å². The molecule has 9 heteroatoms. The average molecular weight is 427 g/mol. The first kappa shape index (κ1) is 23.2. The largest absolute Gasteiger partial charge is 0.444 e. The van der Waals surface area contributed by atoms with E-state index in [0.717, 1.165) is 19.1 Å². The number of likely N-dealkylation sites (tertiary alicyclic amines) is 1. The molecule has 2 atom stereocenters. The molecule has 162 valence electrons. The summed E-state index contributed by atoms with van der Waals surface area (Å²) >= 11 is 0. The number of rotatable bonds is 7. The maximum Gasteiger partial charge on any atom is 0.411 e. The monoisotopic (exact) mass is 426 g/mol. The van der Waals surface area contributed by atoms with Crippen LogP contribution in [0.3, 0.4) is 0 Å². The second-order valence-electron chi connectivity index (χ2n) is 8.20. The van der Waals surface area contributed by atoms with Crippen LogP contribution in [0.2, 0.25) is 0 Å². The maximum absolute atomic E-state index is 12.5. The second-order valence-corrected chi connectivity index (χ2v) is 9.95. The third-order valence-electron chi connectivity index (χ3n) is 4.29. The molecule has 1 aliphatic heterocycles. The van der Waals surface area contributed by atoms with Gasteiger partial charge in [0.1, 0.15) is 11.6 Å². The molecule has 0 spiro atoms. The summed E-state index contributed by atoms with van der Waals surface area (Å²) in [4.78, 5) is 26.2. The second kappa shape index (κ2) is 9.58. The van der Waals surface area contributed by atoms with E-state index in [4.69, 9.17) is 9.47 Å². The Bertz CT molecular complexity index is 804. The van der Waals surface area contributed by atoms with E-state index in [1.807, 2.05) is 35.1 Å². The van der Waals surface area contributed by atoms with E-state index in [-0.39, 0.29) is 19.1 Å². The van der Waals surface area contributed by atoms with Crippen molar-refractivity contribution in [2.45, 2.75) is 57.8 Å². The first-order valence-electron chi connectivity index (χ1n) is 9.61. The fourth-order valence-electron chi connectivity index (χ4n) is 3.11. The van der Waals surface area contributed by atoms with Gasteiger partial charge in [-0.05, 0) is 39.2 Å². The molecule has 1 aromatic carbocycles. The van der Waals surface area contributed by atoms with Crippen molar-refractivity contribution in [3.8, 4) is 0 Å². The summed E-state index contributed by atoms with van der Waals surface area (Å²) in [5, 5.41) is 0. The Balaban J connectivity index is 1.96. The number of nitrogens with zero attached hydrogens (tertiary/aromatic N) is 1. The lowest BCUT2D eigenvalue weighted by Crippen LogP contribution is -2.48. The zero-order valence-corrected chi connectivity index (χ0v) is 18.2. The molecule has 0 aromatic heterocycles. The number of carbonyl (C=O) groups is 2. The number of sulfonamides is 1. The summed E-state index contributed by atoms with van der Waals surface area (Å²) in [5.41, 5.74) is 0.479. The van der Waals surface area contributed by atoms with Crippen LogP contribution in [0, 0.1) is 0 Å². The fourth-order valence-corrected chi connectivity index (χ4v) is 3.61. The highest BCUT2D eigenvalue weighted by molar-refractivity contribution is 7.89. The fraction of sp³-hybridized carbons (Fsp3) is 0.600. The average Bonchev–Trinajstić information content (AvgIpc) is 3.01. The molecule has 1 N–H and O–H groups in total. The number of nitrogens with one attached hydrogen (secondary N) is 1. The molecule has 0 aliphatic carbocycles. The number of benzene rings is 1. The predicted octanol–water partition coefficient (Wildman–Crippen LogP) is 2.09. The van der Waals surface area contributed by atoms with Crippen LogP contribution in [0.15, 0.2) is 30.3 Å². The van der Waals surface area contributed by atoms with Crippen molar-refractivity contribution in [3.63, 3.8) is 0 Å². The molecule has 1 aliphatic rings. The highest BCUT2D eigenvalue weighted by atomic mass is 32.2. The van der Waals surface area contributed by atoms with Gasteiger partial charge < -0.3 is 9.47 Å². The Hall–Kier alpha value is -2.13. The first-order valence-corrected chi connectivity index (χ1v) is 11.5. The normalized spacial score (nSPS) is 19.8. The van der Waals surface area contributed by atoms with Crippen molar-refractivity contribution < 1.29 is 27.5 Å². The predicted molar refractivity (Wildman–Crippen MR) is 109 cm³/mol. The number of hydrogen-bond donors (Lipinski definition) is 1. The molecule has 1 aromatic rings. The molecule has 0 radical (unpaired) electrons. The quantitative estimate of drug-likeness (QED) is 0.670. The van der Waals surface area contributed by atoms with Gasteiger partial charge in [0.05, 0.1) is 18.9 Å². The van der Waals surface area contributed by atoms with Crippen molar-refractivity contribution in [1.29, 1.82) is 0 Å². The molecular formula is C20H30N2O6S. The Morgan fingerprint density at radius 3 is 2.45 bits per heavy atom. The third-order valence-corrected chi connectivity index (χ3v) is 4.86. The van der Waals surface area contributed by atoms with E-state index in [9.17, 15) is 18.0 Å². The van der Waals surface area contributed by atoms with Crippen molar-refractivity contribution in [3.05, 3.63) is 35.9 Å². The Morgan fingerprint density at radius 2 is 1.86 bits per heavy atom. The van der Waals surface area contributed by atoms with Gasteiger partial charge >= 0.3 is 6.09 Å². The van der Waals surface area contributed by atoms with Gasteiger partial charge in [-0.15, -0.1) is 0 Å². The van der Waals surface area contributed by atoms with Crippen LogP contribution >= 0.6 is 0 Å². The van der Waals surface area contributed by atoms with Gasteiger partial charge in [0, 0.05) is 13.0 Å². The van der Waals surface area contributed by atoms with Gasteiger partial charge in [-0.25, -0.2) is 13.2 Å². The number of aryl methyl sites for hydroxylation is 1. The van der Waals surface area contributed by atoms with Crippen molar-refractivity contribution in [2.75, 3.05) is 19.4 Å². The van der Waals surface area contributed by atoms with Crippen LogP contribution < -0.4 is 4.72 Å². The van der Waals surface area contributed by atoms with Crippen molar-refractivity contribution in [1.82, 2.24) is 9.62 Å². The number of ether oxygens (including phenoxy) is 2. The molecule has 1 fully saturated rings. The van der Waals surface area contributed by atoms with Gasteiger partial charge in [0.15, 0.2) is 0 Å². The zero-order valence-electron chi connectivity index (χ0n) is 17.4. The van der Waals surface area contributed by atoms with E-state index in [1.54, 1.807) is 20.8 Å². The third kappa shape index (κ3) is 8.02. The lowest BCUT2D eigenvalue weighted by Gasteiger charge is -2.27. The van der Waals surface area contributed by atoms with Gasteiger partial charge in [0.2, 0.25) is 10.0 Å². The molecule has 1 saturated heterocycles. The molecule has 2 rings (SSSR count). The SMILES string of the molecule is CC(C)(C)OC(=O)N1CC(OCCCc2ccccc2)CC1C(=O)NS(C)(=O)=O. The molecule has 2 amide bonds. The number of hydrogen-bond acceptors (Lipinski definition) is 6. The highest BCUT2D eigenvalue weighted by Gasteiger charge is 2.42. The summed E-state index contributed by atoms with van der Waals surface area (Å²) in [6.45, 7) is 5.82. The van der Waals surface area contributed by atoms with Gasteiger partial charge in [-0.1, -0.05) is 30.3 Å². The van der Waals surface area contributed by atoms with Crippen LogP contribution in [-0.4, -0.2) is 62.5 Å². The number of amides is 2. The van der Waals surface area contributed by atoms with Crippen molar-refractivity contribution in [2.24, 2.45) is 0 Å². The summed E-state index contributed by atoms with van der Waals surface area (Å²) in [7, 11) is -3.73. The maximum atomic E-state index is 12.5. The van der Waals surface area contributed by atoms with Crippen LogP contribution in [0.1, 0.15) is 39.2 Å². The lowest BCUT2D eigenvalue weighted by molar-refractivity contribution is -0.123. The van der Waals surface area contributed by atoms with E-state index >= 15 is 0 Å². The minimum absolute atomic E-state index is 0.169. The van der Waals surface area contributed by atoms with Gasteiger partial charge in [-0.3, -0.25) is 14.4 Å². The van der Waals surface area contributed by atoms with Crippen LogP contribution in [-0.2, 0) is 30.7 Å². The lowest BCUT2D eigenvalue weighted by atomic mass is 10.1. The number of carbonyl (C=O) groups excluding carboxylic acids is 2. The van der Waals surface area contributed by atoms with Gasteiger partial charge in [-0.2, -0.15) is 0 Å². The summed E-state index contributed by atoms with van der Waals surface area (Å²) in [5.74, 6) is -0.756. The topological polar surface area (TPSA) is 102 Å². The summed E-state index contributed by atoms with van der Waals surface area (Å²) in [6, 6.07) is 9.06. The van der Waals surface area contributed by atoms with E-state index in [2.05, 4.69) is 0 Å². The molecule has 0 bridgehead atoms. The summed E-state index contributed by atoms with van der Waals surface area (Å²) < 4.78 is 36.0. The molecule has 29 heavy (non-hydrogen) atoms. The minimum Gasteiger partial charge on any atom is -0.444 e. The molecule has 1 heterocycles. The Morgan fingerprint density at radius 1 is 1.21 bits per heavy atom. The Kier molecular flexibility index (Phi) is 7.65. The van der Waals surface area contributed by atoms with E-state index in [1.165, 1.54) is 10.5 Å². The Labute approximate surface area is 172 Å².